The Bertz CT molecular complexity index is 583. The molecule has 0 radical (unpaired) electrons. The normalized spacial score (nSPS) is 18.8. The van der Waals surface area contributed by atoms with Gasteiger partial charge in [-0.15, -0.1) is 0 Å². The molecule has 2 heterocycles. The molecule has 1 N–H and O–H groups in total. The minimum Gasteiger partial charge on any atom is -0.381 e. The van der Waals surface area contributed by atoms with Gasteiger partial charge in [-0.1, -0.05) is 0 Å². The third kappa shape index (κ3) is 3.32. The average molecular weight is 363 g/mol. The molecule has 7 heteroatoms. The molecular formula is C13H19BrN2O3S. The number of nitrogens with one attached hydrogen (secondary N) is 1. The maximum Gasteiger partial charge on any atom is 0.155 e. The fourth-order valence-corrected chi connectivity index (χ4v) is 3.77. The maximum absolute atomic E-state index is 12.1. The third-order valence-corrected chi connectivity index (χ3v) is 6.79. The summed E-state index contributed by atoms with van der Waals surface area (Å²) < 4.78 is 29.7. The van der Waals surface area contributed by atoms with Crippen molar-refractivity contribution < 1.29 is 13.2 Å². The number of aryl methyl sites for hydroxylation is 1. The Balaban J connectivity index is 2.15. The van der Waals surface area contributed by atoms with Gasteiger partial charge in [0, 0.05) is 36.7 Å². The van der Waals surface area contributed by atoms with E-state index in [1.807, 2.05) is 13.0 Å². The zero-order valence-electron chi connectivity index (χ0n) is 11.6. The van der Waals surface area contributed by atoms with Crippen molar-refractivity contribution in [3.63, 3.8) is 0 Å². The molecule has 0 spiro atoms. The topological polar surface area (TPSA) is 68.3 Å². The lowest BCUT2D eigenvalue weighted by molar-refractivity contribution is 0.0776. The highest BCUT2D eigenvalue weighted by atomic mass is 79.9. The first-order chi connectivity index (χ1) is 9.34. The monoisotopic (exact) mass is 362 g/mol. The molecule has 0 saturated carbocycles. The Morgan fingerprint density at radius 1 is 1.45 bits per heavy atom. The molecule has 0 aromatic carbocycles. The molecule has 20 heavy (non-hydrogen) atoms. The van der Waals surface area contributed by atoms with Gasteiger partial charge in [0.1, 0.15) is 5.82 Å². The van der Waals surface area contributed by atoms with Gasteiger partial charge >= 0.3 is 0 Å². The van der Waals surface area contributed by atoms with Gasteiger partial charge in [-0.3, -0.25) is 0 Å². The molecule has 2 rings (SSSR count). The number of rotatable bonds is 4. The van der Waals surface area contributed by atoms with Crippen molar-refractivity contribution in [3.8, 4) is 0 Å². The van der Waals surface area contributed by atoms with E-state index in [1.165, 1.54) is 6.26 Å². The maximum atomic E-state index is 12.1. The number of ether oxygens (including phenoxy) is 1. The summed E-state index contributed by atoms with van der Waals surface area (Å²) in [5.41, 5.74) is 1.06. The largest absolute Gasteiger partial charge is 0.381 e. The average Bonchev–Trinajstić information content (AvgIpc) is 2.40. The molecule has 1 aliphatic rings. The van der Waals surface area contributed by atoms with Crippen LogP contribution in [0.2, 0.25) is 0 Å². The minimum absolute atomic E-state index is 0.364. The quantitative estimate of drug-likeness (QED) is 0.888. The number of halogens is 1. The first-order valence-electron chi connectivity index (χ1n) is 6.47. The Kier molecular flexibility index (Phi) is 4.71. The number of sulfone groups is 1. The number of anilines is 1. The molecule has 0 atom stereocenters. The van der Waals surface area contributed by atoms with Crippen LogP contribution in [-0.2, 0) is 14.6 Å². The Morgan fingerprint density at radius 3 is 2.65 bits per heavy atom. The van der Waals surface area contributed by atoms with Crippen molar-refractivity contribution in [2.75, 3.05) is 31.3 Å². The van der Waals surface area contributed by atoms with Gasteiger partial charge in [0.25, 0.3) is 0 Å². The van der Waals surface area contributed by atoms with E-state index in [0.717, 1.165) is 10.0 Å². The van der Waals surface area contributed by atoms with Crippen LogP contribution >= 0.6 is 15.9 Å². The van der Waals surface area contributed by atoms with E-state index in [9.17, 15) is 8.42 Å². The highest BCUT2D eigenvalue weighted by molar-refractivity contribution is 9.10. The summed E-state index contributed by atoms with van der Waals surface area (Å²) >= 11 is 3.40. The molecule has 1 aliphatic heterocycles. The number of hydrogen-bond donors (Lipinski definition) is 1. The first-order valence-corrected chi connectivity index (χ1v) is 9.16. The van der Waals surface area contributed by atoms with E-state index in [2.05, 4.69) is 26.2 Å². The van der Waals surface area contributed by atoms with Gasteiger partial charge in [0.2, 0.25) is 0 Å². The molecule has 1 aromatic heterocycles. The van der Waals surface area contributed by atoms with Crippen LogP contribution in [0.3, 0.4) is 0 Å². The molecule has 0 amide bonds. The second kappa shape index (κ2) is 5.99. The van der Waals surface area contributed by atoms with Crippen molar-refractivity contribution >= 4 is 31.6 Å². The summed E-state index contributed by atoms with van der Waals surface area (Å²) in [5, 5.41) is 3.16. The lowest BCUT2D eigenvalue weighted by Crippen LogP contribution is -2.48. The molecular weight excluding hydrogens is 344 g/mol. The van der Waals surface area contributed by atoms with Crippen molar-refractivity contribution in [1.82, 2.24) is 4.98 Å². The summed E-state index contributed by atoms with van der Waals surface area (Å²) in [6.07, 6.45) is 4.07. The third-order valence-electron chi connectivity index (χ3n) is 3.83. The van der Waals surface area contributed by atoms with E-state index in [-0.39, 0.29) is 0 Å². The fourth-order valence-electron chi connectivity index (χ4n) is 2.31. The van der Waals surface area contributed by atoms with Gasteiger partial charge in [-0.05, 0) is 47.3 Å². The Labute approximate surface area is 128 Å². The standard InChI is InChI=1S/C13H19BrN2O3S/c1-10-7-12(15-8-11(10)14)16-9-13(20(2,17)18)3-5-19-6-4-13/h7-8H,3-6,9H2,1-2H3,(H,15,16). The second-order valence-electron chi connectivity index (χ2n) is 5.24. The molecule has 0 aliphatic carbocycles. The fraction of sp³-hybridized carbons (Fsp3) is 0.615. The molecule has 5 nitrogen and oxygen atoms in total. The van der Waals surface area contributed by atoms with Crippen LogP contribution < -0.4 is 5.32 Å². The summed E-state index contributed by atoms with van der Waals surface area (Å²) in [6.45, 7) is 3.31. The van der Waals surface area contributed by atoms with Crippen LogP contribution in [0.1, 0.15) is 18.4 Å². The van der Waals surface area contributed by atoms with Crippen LogP contribution in [0, 0.1) is 6.92 Å². The van der Waals surface area contributed by atoms with Crippen LogP contribution in [0.5, 0.6) is 0 Å². The molecule has 0 bridgehead atoms. The van der Waals surface area contributed by atoms with E-state index >= 15 is 0 Å². The van der Waals surface area contributed by atoms with Crippen LogP contribution in [-0.4, -0.2) is 44.2 Å². The molecule has 1 aromatic rings. The van der Waals surface area contributed by atoms with Gasteiger partial charge in [0.05, 0.1) is 4.75 Å². The highest BCUT2D eigenvalue weighted by Gasteiger charge is 2.42. The van der Waals surface area contributed by atoms with Crippen LogP contribution in [0.25, 0.3) is 0 Å². The first kappa shape index (κ1) is 15.7. The zero-order valence-corrected chi connectivity index (χ0v) is 14.1. The van der Waals surface area contributed by atoms with Crippen molar-refractivity contribution in [2.24, 2.45) is 0 Å². The lowest BCUT2D eigenvalue weighted by atomic mass is 9.99. The summed E-state index contributed by atoms with van der Waals surface area (Å²) in [6, 6.07) is 1.90. The van der Waals surface area contributed by atoms with E-state index < -0.39 is 14.6 Å². The number of hydrogen-bond acceptors (Lipinski definition) is 5. The highest BCUT2D eigenvalue weighted by Crippen LogP contribution is 2.30. The SMILES string of the molecule is Cc1cc(NCC2(S(C)(=O)=O)CCOCC2)ncc1Br. The number of nitrogens with zero attached hydrogens (tertiary/aromatic N) is 1. The van der Waals surface area contributed by atoms with E-state index in [4.69, 9.17) is 4.74 Å². The molecule has 1 saturated heterocycles. The van der Waals surface area contributed by atoms with Crippen molar-refractivity contribution in [3.05, 3.63) is 22.3 Å². The predicted molar refractivity (Wildman–Crippen MR) is 82.8 cm³/mol. The van der Waals surface area contributed by atoms with Crippen LogP contribution in [0.15, 0.2) is 16.7 Å². The van der Waals surface area contributed by atoms with Crippen molar-refractivity contribution in [1.29, 1.82) is 0 Å². The second-order valence-corrected chi connectivity index (χ2v) is 8.50. The molecule has 112 valence electrons. The smallest absolute Gasteiger partial charge is 0.155 e. The van der Waals surface area contributed by atoms with E-state index in [1.54, 1.807) is 6.20 Å². The van der Waals surface area contributed by atoms with E-state index in [0.29, 0.717) is 38.4 Å². The zero-order chi connectivity index (χ0) is 14.8. The molecule has 0 unspecified atom stereocenters. The lowest BCUT2D eigenvalue weighted by Gasteiger charge is -2.35. The summed E-state index contributed by atoms with van der Waals surface area (Å²) in [4.78, 5) is 4.25. The predicted octanol–water partition coefficient (Wildman–Crippen LogP) is 2.16. The van der Waals surface area contributed by atoms with Gasteiger partial charge in [-0.2, -0.15) is 0 Å². The summed E-state index contributed by atoms with van der Waals surface area (Å²) in [5.74, 6) is 0.695. The Morgan fingerprint density at radius 2 is 2.10 bits per heavy atom. The van der Waals surface area contributed by atoms with Crippen molar-refractivity contribution in [2.45, 2.75) is 24.5 Å². The molecule has 1 fully saturated rings. The number of aromatic nitrogens is 1. The number of pyridine rings is 1. The van der Waals surface area contributed by atoms with Gasteiger partial charge in [0.15, 0.2) is 9.84 Å². The van der Waals surface area contributed by atoms with Crippen LogP contribution in [0.4, 0.5) is 5.82 Å². The minimum atomic E-state index is -3.16. The Hall–Kier alpha value is -0.660. The summed E-state index contributed by atoms with van der Waals surface area (Å²) in [7, 11) is -3.16. The van der Waals surface area contributed by atoms with Gasteiger partial charge in [-0.25, -0.2) is 13.4 Å². The van der Waals surface area contributed by atoms with Gasteiger partial charge < -0.3 is 10.1 Å².